The summed E-state index contributed by atoms with van der Waals surface area (Å²) in [5.41, 5.74) is -0.160. The highest BCUT2D eigenvalue weighted by Crippen LogP contribution is 2.27. The predicted octanol–water partition coefficient (Wildman–Crippen LogP) is 1.97. The molecule has 0 radical (unpaired) electrons. The third kappa shape index (κ3) is 3.19. The molecule has 0 aliphatic rings. The van der Waals surface area contributed by atoms with E-state index in [1.807, 2.05) is 0 Å². The number of ether oxygens (including phenoxy) is 3. The molecule has 1 aromatic heterocycles. The largest absolute Gasteiger partial charge is 0.496 e. The van der Waals surface area contributed by atoms with Crippen molar-refractivity contribution in [1.82, 2.24) is 5.16 Å². The Kier molecular flexibility index (Phi) is 4.09. The number of carbonyl (C=O) groups is 1. The maximum absolute atomic E-state index is 10.7. The van der Waals surface area contributed by atoms with Crippen LogP contribution < -0.4 is 14.2 Å². The molecule has 1 heterocycles. The van der Waals surface area contributed by atoms with Crippen LogP contribution in [0.15, 0.2) is 28.8 Å². The fourth-order valence-corrected chi connectivity index (χ4v) is 1.50. The molecule has 0 atom stereocenters. The van der Waals surface area contributed by atoms with Crippen LogP contribution >= 0.6 is 0 Å². The Morgan fingerprint density at radius 3 is 2.25 bits per heavy atom. The van der Waals surface area contributed by atoms with Crippen molar-refractivity contribution in [3.63, 3.8) is 0 Å². The van der Waals surface area contributed by atoms with Gasteiger partial charge in [0.1, 0.15) is 23.9 Å². The van der Waals surface area contributed by atoms with Gasteiger partial charge in [-0.2, -0.15) is 0 Å². The van der Waals surface area contributed by atoms with Crippen LogP contribution in [0.4, 0.5) is 0 Å². The van der Waals surface area contributed by atoms with E-state index in [0.29, 0.717) is 23.0 Å². The molecule has 0 bridgehead atoms. The minimum Gasteiger partial charge on any atom is -0.496 e. The number of hydrogen-bond donors (Lipinski definition) is 1. The quantitative estimate of drug-likeness (QED) is 0.864. The van der Waals surface area contributed by atoms with E-state index in [1.165, 1.54) is 20.3 Å². The summed E-state index contributed by atoms with van der Waals surface area (Å²) in [7, 11) is 3.07. The molecule has 2 rings (SSSR count). The molecule has 0 fully saturated rings. The van der Waals surface area contributed by atoms with Crippen LogP contribution in [0.25, 0.3) is 0 Å². The molecule has 0 aliphatic carbocycles. The second-order valence-corrected chi connectivity index (χ2v) is 3.82. The average molecular weight is 279 g/mol. The number of hydrogen-bond acceptors (Lipinski definition) is 6. The van der Waals surface area contributed by atoms with Crippen molar-refractivity contribution < 1.29 is 28.6 Å². The standard InChI is InChI=1S/C13H13NO6/c1-17-8-3-9(18-2)5-10(4-8)19-7-11-6-12(13(15)16)14-20-11/h3-6H,7H2,1-2H3,(H,15,16). The van der Waals surface area contributed by atoms with Crippen LogP contribution in [-0.4, -0.2) is 30.5 Å². The molecule has 0 amide bonds. The smallest absolute Gasteiger partial charge is 0.358 e. The van der Waals surface area contributed by atoms with Gasteiger partial charge in [0.25, 0.3) is 0 Å². The van der Waals surface area contributed by atoms with Gasteiger partial charge in [-0.15, -0.1) is 0 Å². The highest BCUT2D eigenvalue weighted by Gasteiger charge is 2.11. The molecule has 20 heavy (non-hydrogen) atoms. The van der Waals surface area contributed by atoms with E-state index in [1.54, 1.807) is 18.2 Å². The first-order valence-electron chi connectivity index (χ1n) is 5.67. The molecular weight excluding hydrogens is 266 g/mol. The molecule has 1 N–H and O–H groups in total. The van der Waals surface area contributed by atoms with Crippen molar-refractivity contribution in [2.45, 2.75) is 6.61 Å². The average Bonchev–Trinajstić information content (AvgIpc) is 2.93. The minimum atomic E-state index is -1.15. The van der Waals surface area contributed by atoms with Crippen LogP contribution in [0.5, 0.6) is 17.2 Å². The number of aromatic carboxylic acids is 1. The van der Waals surface area contributed by atoms with Gasteiger partial charge in [-0.25, -0.2) is 4.79 Å². The fraction of sp³-hybridized carbons (Fsp3) is 0.231. The maximum atomic E-state index is 10.7. The molecule has 2 aromatic rings. The lowest BCUT2D eigenvalue weighted by Crippen LogP contribution is -1.96. The maximum Gasteiger partial charge on any atom is 0.358 e. The Morgan fingerprint density at radius 2 is 1.75 bits per heavy atom. The highest BCUT2D eigenvalue weighted by molar-refractivity contribution is 5.85. The zero-order valence-electron chi connectivity index (χ0n) is 11.0. The van der Waals surface area contributed by atoms with Crippen molar-refractivity contribution in [1.29, 1.82) is 0 Å². The summed E-state index contributed by atoms with van der Waals surface area (Å²) in [5, 5.41) is 12.1. The lowest BCUT2D eigenvalue weighted by molar-refractivity contribution is 0.0685. The molecule has 7 heteroatoms. The van der Waals surface area contributed by atoms with Gasteiger partial charge in [0, 0.05) is 24.3 Å². The molecule has 0 spiro atoms. The molecule has 106 valence electrons. The zero-order valence-corrected chi connectivity index (χ0v) is 11.0. The third-order valence-corrected chi connectivity index (χ3v) is 2.48. The van der Waals surface area contributed by atoms with E-state index in [2.05, 4.69) is 5.16 Å². The summed E-state index contributed by atoms with van der Waals surface area (Å²) in [6.45, 7) is 0.0522. The summed E-state index contributed by atoms with van der Waals surface area (Å²) in [6, 6.07) is 6.37. The lowest BCUT2D eigenvalue weighted by Gasteiger charge is -2.08. The number of rotatable bonds is 6. The van der Waals surface area contributed by atoms with Gasteiger partial charge in [0.15, 0.2) is 11.5 Å². The van der Waals surface area contributed by atoms with Crippen molar-refractivity contribution >= 4 is 5.97 Å². The van der Waals surface area contributed by atoms with Gasteiger partial charge < -0.3 is 23.8 Å². The van der Waals surface area contributed by atoms with Crippen LogP contribution in [-0.2, 0) is 6.61 Å². The second kappa shape index (κ2) is 5.96. The molecule has 0 unspecified atom stereocenters. The number of carboxylic acids is 1. The Hall–Kier alpha value is -2.70. The van der Waals surface area contributed by atoms with Crippen molar-refractivity contribution in [3.8, 4) is 17.2 Å². The normalized spacial score (nSPS) is 10.1. The number of nitrogens with zero attached hydrogens (tertiary/aromatic N) is 1. The molecule has 0 saturated carbocycles. The van der Waals surface area contributed by atoms with Crippen molar-refractivity contribution in [2.75, 3.05) is 14.2 Å². The van der Waals surface area contributed by atoms with Crippen LogP contribution in [0.3, 0.4) is 0 Å². The SMILES string of the molecule is COc1cc(OC)cc(OCc2cc(C(=O)O)no2)c1. The summed E-state index contributed by atoms with van der Waals surface area (Å²) in [4.78, 5) is 10.7. The van der Waals surface area contributed by atoms with E-state index >= 15 is 0 Å². The van der Waals surface area contributed by atoms with E-state index in [9.17, 15) is 4.79 Å². The first kappa shape index (κ1) is 13.7. The topological polar surface area (TPSA) is 91.0 Å². The van der Waals surface area contributed by atoms with Crippen molar-refractivity contribution in [2.24, 2.45) is 0 Å². The van der Waals surface area contributed by atoms with Crippen molar-refractivity contribution in [3.05, 3.63) is 35.7 Å². The van der Waals surface area contributed by atoms with Crippen LogP contribution in [0, 0.1) is 0 Å². The number of carboxylic acid groups (broad SMARTS) is 1. The Labute approximate surface area is 114 Å². The number of aromatic nitrogens is 1. The molecule has 7 nitrogen and oxygen atoms in total. The highest BCUT2D eigenvalue weighted by atomic mass is 16.5. The van der Waals surface area contributed by atoms with Gasteiger partial charge in [-0.3, -0.25) is 0 Å². The number of benzene rings is 1. The fourth-order valence-electron chi connectivity index (χ4n) is 1.50. The summed E-state index contributed by atoms with van der Waals surface area (Å²) < 4.78 is 20.5. The van der Waals surface area contributed by atoms with Crippen LogP contribution in [0.1, 0.15) is 16.2 Å². The van der Waals surface area contributed by atoms with Gasteiger partial charge in [0.05, 0.1) is 14.2 Å². The summed E-state index contributed by atoms with van der Waals surface area (Å²) in [6.07, 6.45) is 0. The first-order valence-corrected chi connectivity index (χ1v) is 5.67. The summed E-state index contributed by atoms with van der Waals surface area (Å²) >= 11 is 0. The van der Waals surface area contributed by atoms with E-state index in [0.717, 1.165) is 0 Å². The molecule has 0 saturated heterocycles. The van der Waals surface area contributed by atoms with Gasteiger partial charge in [-0.1, -0.05) is 5.16 Å². The minimum absolute atomic E-state index is 0.0522. The zero-order chi connectivity index (χ0) is 14.5. The molecule has 0 aliphatic heterocycles. The molecule has 1 aromatic carbocycles. The second-order valence-electron chi connectivity index (χ2n) is 3.82. The van der Waals surface area contributed by atoms with E-state index < -0.39 is 5.97 Å². The number of methoxy groups -OCH3 is 2. The Balaban J connectivity index is 2.07. The van der Waals surface area contributed by atoms with E-state index in [-0.39, 0.29) is 12.3 Å². The molecular formula is C13H13NO6. The van der Waals surface area contributed by atoms with E-state index in [4.69, 9.17) is 23.8 Å². The predicted molar refractivity (Wildman–Crippen MR) is 67.3 cm³/mol. The Bertz CT molecular complexity index is 584. The Morgan fingerprint density at radius 1 is 1.15 bits per heavy atom. The first-order chi connectivity index (χ1) is 9.62. The van der Waals surface area contributed by atoms with Gasteiger partial charge in [0.2, 0.25) is 0 Å². The van der Waals surface area contributed by atoms with Gasteiger partial charge >= 0.3 is 5.97 Å². The monoisotopic (exact) mass is 279 g/mol. The van der Waals surface area contributed by atoms with Crippen LogP contribution in [0.2, 0.25) is 0 Å². The third-order valence-electron chi connectivity index (χ3n) is 2.48. The lowest BCUT2D eigenvalue weighted by atomic mass is 10.3. The summed E-state index contributed by atoms with van der Waals surface area (Å²) in [5.74, 6) is 0.841. The van der Waals surface area contributed by atoms with Gasteiger partial charge in [-0.05, 0) is 0 Å².